The van der Waals surface area contributed by atoms with Crippen molar-refractivity contribution in [3.8, 4) is 17.2 Å². The molecule has 0 radical (unpaired) electrons. The molecule has 2 aromatic carbocycles. The minimum absolute atomic E-state index is 0.0326. The lowest BCUT2D eigenvalue weighted by Crippen LogP contribution is -2.41. The first-order valence-corrected chi connectivity index (χ1v) is 10.5. The molecule has 0 bridgehead atoms. The van der Waals surface area contributed by atoms with E-state index >= 15 is 0 Å². The lowest BCUT2D eigenvalue weighted by atomic mass is 9.82. The Labute approximate surface area is 185 Å². The number of fused-ring (bicyclic) bond motifs is 1. The van der Waals surface area contributed by atoms with Gasteiger partial charge in [-0.25, -0.2) is 10.9 Å². The van der Waals surface area contributed by atoms with Crippen LogP contribution >= 0.6 is 0 Å². The highest BCUT2D eigenvalue weighted by molar-refractivity contribution is 5.86. The standard InChI is InChI=1S/C24H25N3O5/c1-13-5-7-17(28)16(10-13)21-20-22(26-25-21)24(30)27(12-15-4-3-9-32-15)23(20)14-6-8-18(29)19(11-14)31-2/h3-11,20-23,25-26,28-29H,12H2,1-2H3. The van der Waals surface area contributed by atoms with Crippen molar-refractivity contribution >= 4 is 5.91 Å². The minimum Gasteiger partial charge on any atom is -0.508 e. The summed E-state index contributed by atoms with van der Waals surface area (Å²) in [7, 11) is 1.49. The van der Waals surface area contributed by atoms with Crippen LogP contribution < -0.4 is 15.6 Å². The quantitative estimate of drug-likeness (QED) is 0.488. The van der Waals surface area contributed by atoms with E-state index in [4.69, 9.17) is 9.15 Å². The van der Waals surface area contributed by atoms with Crippen molar-refractivity contribution in [2.75, 3.05) is 7.11 Å². The molecule has 3 heterocycles. The predicted molar refractivity (Wildman–Crippen MR) is 116 cm³/mol. The Hall–Kier alpha value is -3.49. The number of ether oxygens (including phenoxy) is 1. The van der Waals surface area contributed by atoms with Crippen molar-refractivity contribution in [3.63, 3.8) is 0 Å². The van der Waals surface area contributed by atoms with Crippen molar-refractivity contribution in [2.24, 2.45) is 5.92 Å². The van der Waals surface area contributed by atoms with Gasteiger partial charge in [-0.1, -0.05) is 23.8 Å². The summed E-state index contributed by atoms with van der Waals surface area (Å²) in [5.41, 5.74) is 8.96. The van der Waals surface area contributed by atoms with Gasteiger partial charge in [-0.3, -0.25) is 4.79 Å². The Morgan fingerprint density at radius 1 is 1.06 bits per heavy atom. The van der Waals surface area contributed by atoms with E-state index < -0.39 is 6.04 Å². The number of benzene rings is 2. The molecule has 8 heteroatoms. The predicted octanol–water partition coefficient (Wildman–Crippen LogP) is 2.93. The molecule has 2 aliphatic heterocycles. The Kier molecular flexibility index (Phi) is 5.03. The fourth-order valence-corrected chi connectivity index (χ4v) is 4.91. The van der Waals surface area contributed by atoms with E-state index in [1.165, 1.54) is 7.11 Å². The summed E-state index contributed by atoms with van der Waals surface area (Å²) in [6.07, 6.45) is 1.59. The molecule has 0 aliphatic carbocycles. The summed E-state index contributed by atoms with van der Waals surface area (Å²) in [6.45, 7) is 2.27. The van der Waals surface area contributed by atoms with E-state index in [9.17, 15) is 15.0 Å². The molecule has 4 unspecified atom stereocenters. The molecule has 1 aromatic heterocycles. The van der Waals surface area contributed by atoms with Gasteiger partial charge in [0.2, 0.25) is 5.91 Å². The second-order valence-corrected chi connectivity index (χ2v) is 8.31. The van der Waals surface area contributed by atoms with Crippen molar-refractivity contribution in [1.29, 1.82) is 0 Å². The number of hydrazine groups is 1. The molecule has 3 aromatic rings. The van der Waals surface area contributed by atoms with E-state index in [-0.39, 0.29) is 35.4 Å². The van der Waals surface area contributed by atoms with E-state index in [1.807, 2.05) is 25.1 Å². The summed E-state index contributed by atoms with van der Waals surface area (Å²) in [5.74, 6) is 0.937. The van der Waals surface area contributed by atoms with Crippen LogP contribution in [0.3, 0.4) is 0 Å². The topological polar surface area (TPSA) is 107 Å². The maximum absolute atomic E-state index is 13.5. The van der Waals surface area contributed by atoms with Crippen LogP contribution in [0.25, 0.3) is 0 Å². The van der Waals surface area contributed by atoms with Gasteiger partial charge in [0.15, 0.2) is 11.5 Å². The Morgan fingerprint density at radius 2 is 1.84 bits per heavy atom. The van der Waals surface area contributed by atoms with Crippen molar-refractivity contribution < 1.29 is 24.2 Å². The first-order chi connectivity index (χ1) is 15.5. The summed E-state index contributed by atoms with van der Waals surface area (Å²) in [5, 5.41) is 20.7. The third-order valence-corrected chi connectivity index (χ3v) is 6.38. The number of hydrogen-bond donors (Lipinski definition) is 4. The zero-order chi connectivity index (χ0) is 22.4. The van der Waals surface area contributed by atoms with Gasteiger partial charge in [-0.2, -0.15) is 0 Å². The minimum atomic E-state index is -0.486. The lowest BCUT2D eigenvalue weighted by molar-refractivity contribution is -0.131. The van der Waals surface area contributed by atoms with E-state index in [2.05, 4.69) is 10.9 Å². The normalized spacial score (nSPS) is 24.7. The monoisotopic (exact) mass is 435 g/mol. The first-order valence-electron chi connectivity index (χ1n) is 10.5. The number of carbonyl (C=O) groups excluding carboxylic acids is 1. The summed E-state index contributed by atoms with van der Waals surface area (Å²) in [4.78, 5) is 15.3. The Bertz CT molecular complexity index is 1150. The number of amides is 1. The van der Waals surface area contributed by atoms with Crippen LogP contribution in [0.1, 0.15) is 34.5 Å². The van der Waals surface area contributed by atoms with Gasteiger partial charge >= 0.3 is 0 Å². The third kappa shape index (κ3) is 3.28. The molecule has 2 fully saturated rings. The molecule has 5 rings (SSSR count). The summed E-state index contributed by atoms with van der Waals surface area (Å²) in [6, 6.07) is 13.1. The van der Waals surface area contributed by atoms with Crippen molar-refractivity contribution in [1.82, 2.24) is 15.8 Å². The van der Waals surface area contributed by atoms with Crippen LogP contribution in [0.2, 0.25) is 0 Å². The summed E-state index contributed by atoms with van der Waals surface area (Å²) >= 11 is 0. The molecule has 1 amide bonds. The Morgan fingerprint density at radius 3 is 2.59 bits per heavy atom. The molecule has 0 saturated carbocycles. The second-order valence-electron chi connectivity index (χ2n) is 8.31. The zero-order valence-corrected chi connectivity index (χ0v) is 17.8. The average molecular weight is 435 g/mol. The van der Waals surface area contributed by atoms with Crippen LogP contribution in [0.5, 0.6) is 17.2 Å². The number of rotatable bonds is 5. The molecule has 4 atom stereocenters. The number of carbonyl (C=O) groups is 1. The number of likely N-dealkylation sites (tertiary alicyclic amines) is 1. The average Bonchev–Trinajstić information content (AvgIpc) is 3.50. The fourth-order valence-electron chi connectivity index (χ4n) is 4.91. The smallest absolute Gasteiger partial charge is 0.242 e. The van der Waals surface area contributed by atoms with E-state index in [0.717, 1.165) is 16.7 Å². The number of methoxy groups -OCH3 is 1. The molecule has 4 N–H and O–H groups in total. The number of phenolic OH excluding ortho intramolecular Hbond substituents is 2. The molecular formula is C24H25N3O5. The van der Waals surface area contributed by atoms with Gasteiger partial charge in [0.25, 0.3) is 0 Å². The maximum atomic E-state index is 13.5. The van der Waals surface area contributed by atoms with Gasteiger partial charge in [0.05, 0.1) is 32.0 Å². The Balaban J connectivity index is 1.61. The SMILES string of the molecule is COc1cc(C2C3C(NNC3c3cc(C)ccc3O)C(=O)N2Cc2ccco2)ccc1O. The van der Waals surface area contributed by atoms with Crippen LogP contribution in [0.4, 0.5) is 0 Å². The molecule has 0 spiro atoms. The van der Waals surface area contributed by atoms with Crippen LogP contribution in [-0.4, -0.2) is 34.2 Å². The molecule has 166 valence electrons. The molecular weight excluding hydrogens is 410 g/mol. The highest BCUT2D eigenvalue weighted by Crippen LogP contribution is 2.50. The number of nitrogens with zero attached hydrogens (tertiary/aromatic N) is 1. The van der Waals surface area contributed by atoms with E-state index in [0.29, 0.717) is 18.1 Å². The number of furan rings is 1. The van der Waals surface area contributed by atoms with Gasteiger partial charge in [-0.05, 0) is 42.8 Å². The number of aryl methyl sites for hydroxylation is 1. The highest BCUT2D eigenvalue weighted by atomic mass is 16.5. The number of hydrogen-bond acceptors (Lipinski definition) is 7. The maximum Gasteiger partial charge on any atom is 0.242 e. The summed E-state index contributed by atoms with van der Waals surface area (Å²) < 4.78 is 10.9. The first kappa shape index (κ1) is 20.4. The molecule has 2 saturated heterocycles. The highest BCUT2D eigenvalue weighted by Gasteiger charge is 2.56. The molecule has 32 heavy (non-hydrogen) atoms. The number of nitrogens with one attached hydrogen (secondary N) is 2. The largest absolute Gasteiger partial charge is 0.508 e. The van der Waals surface area contributed by atoms with E-state index in [1.54, 1.807) is 41.5 Å². The van der Waals surface area contributed by atoms with Crippen molar-refractivity contribution in [3.05, 3.63) is 77.2 Å². The third-order valence-electron chi connectivity index (χ3n) is 6.38. The van der Waals surface area contributed by atoms with Crippen LogP contribution in [-0.2, 0) is 11.3 Å². The molecule has 2 aliphatic rings. The zero-order valence-electron chi connectivity index (χ0n) is 17.8. The fraction of sp³-hybridized carbons (Fsp3) is 0.292. The van der Waals surface area contributed by atoms with Gasteiger partial charge < -0.3 is 24.3 Å². The number of phenols is 2. The van der Waals surface area contributed by atoms with Crippen LogP contribution in [0, 0.1) is 12.8 Å². The second kappa shape index (κ2) is 7.89. The lowest BCUT2D eigenvalue weighted by Gasteiger charge is -2.31. The van der Waals surface area contributed by atoms with Gasteiger partial charge in [0.1, 0.15) is 17.6 Å². The molecule has 8 nitrogen and oxygen atoms in total. The van der Waals surface area contributed by atoms with Gasteiger partial charge in [-0.15, -0.1) is 0 Å². The van der Waals surface area contributed by atoms with Crippen LogP contribution in [0.15, 0.2) is 59.2 Å². The van der Waals surface area contributed by atoms with Gasteiger partial charge in [0, 0.05) is 11.5 Å². The number of aromatic hydroxyl groups is 2. The van der Waals surface area contributed by atoms with Crippen molar-refractivity contribution in [2.45, 2.75) is 31.6 Å².